The highest BCUT2D eigenvalue weighted by Crippen LogP contribution is 2.20. The summed E-state index contributed by atoms with van der Waals surface area (Å²) in [6.07, 6.45) is 2.14. The number of amides is 1. The van der Waals surface area contributed by atoms with Crippen molar-refractivity contribution in [1.29, 1.82) is 0 Å². The molecule has 0 aliphatic carbocycles. The van der Waals surface area contributed by atoms with Gasteiger partial charge in [-0.1, -0.05) is 13.8 Å². The molecule has 0 unspecified atom stereocenters. The Morgan fingerprint density at radius 1 is 1.39 bits per heavy atom. The van der Waals surface area contributed by atoms with Crippen LogP contribution in [0.5, 0.6) is 0 Å². The highest BCUT2D eigenvalue weighted by Gasteiger charge is 2.31. The summed E-state index contributed by atoms with van der Waals surface area (Å²) in [4.78, 5) is 14.1. The van der Waals surface area contributed by atoms with Crippen molar-refractivity contribution >= 4 is 5.91 Å². The van der Waals surface area contributed by atoms with Crippen molar-refractivity contribution in [2.24, 2.45) is 11.3 Å². The molecule has 5 nitrogen and oxygen atoms in total. The lowest BCUT2D eigenvalue weighted by atomic mass is 9.90. The first-order valence-corrected chi connectivity index (χ1v) is 6.66. The number of carbonyl (C=O) groups is 1. The molecule has 0 bridgehead atoms. The van der Waals surface area contributed by atoms with E-state index in [0.717, 1.165) is 19.4 Å². The van der Waals surface area contributed by atoms with E-state index >= 15 is 0 Å². The Kier molecular flexibility index (Phi) is 8.15. The highest BCUT2D eigenvalue weighted by atomic mass is 16.5. The van der Waals surface area contributed by atoms with Gasteiger partial charge in [-0.15, -0.1) is 0 Å². The Hall–Kier alpha value is -0.650. The van der Waals surface area contributed by atoms with Crippen molar-refractivity contribution in [3.8, 4) is 0 Å². The van der Waals surface area contributed by atoms with Gasteiger partial charge < -0.3 is 4.74 Å². The minimum absolute atomic E-state index is 0.129. The maximum atomic E-state index is 11.7. The summed E-state index contributed by atoms with van der Waals surface area (Å²) in [5, 5.41) is 0. The first-order valence-electron chi connectivity index (χ1n) is 6.66. The van der Waals surface area contributed by atoms with Crippen LogP contribution >= 0.6 is 0 Å². The van der Waals surface area contributed by atoms with Crippen LogP contribution in [-0.4, -0.2) is 43.7 Å². The number of nitrogens with two attached hydrogens (primary N) is 1. The number of hydrogen-bond donors (Lipinski definition) is 2. The van der Waals surface area contributed by atoms with Crippen molar-refractivity contribution < 1.29 is 9.53 Å². The number of ether oxygens (including phenoxy) is 1. The third kappa shape index (κ3) is 5.33. The highest BCUT2D eigenvalue weighted by molar-refractivity contribution is 5.81. The molecule has 3 N–H and O–H groups in total. The number of hydrazine groups is 1. The van der Waals surface area contributed by atoms with E-state index in [9.17, 15) is 4.79 Å². The summed E-state index contributed by atoms with van der Waals surface area (Å²) >= 11 is 0. The molecule has 0 atom stereocenters. The summed E-state index contributed by atoms with van der Waals surface area (Å²) in [5.41, 5.74) is 1.75. The average Bonchev–Trinajstić information content (AvgIpc) is 2.35. The molecular weight excluding hydrogens is 230 g/mol. The summed E-state index contributed by atoms with van der Waals surface area (Å²) in [5.74, 6) is 5.10. The van der Waals surface area contributed by atoms with E-state index in [4.69, 9.17) is 10.6 Å². The summed E-state index contributed by atoms with van der Waals surface area (Å²) in [6, 6.07) is 0.477. The topological polar surface area (TPSA) is 67.6 Å². The van der Waals surface area contributed by atoms with Crippen molar-refractivity contribution in [1.82, 2.24) is 10.3 Å². The molecule has 0 aromatic heterocycles. The summed E-state index contributed by atoms with van der Waals surface area (Å²) in [6.45, 7) is 10.4. The van der Waals surface area contributed by atoms with E-state index in [0.29, 0.717) is 19.2 Å². The molecule has 0 aromatic carbocycles. The third-order valence-corrected chi connectivity index (χ3v) is 3.39. The van der Waals surface area contributed by atoms with Gasteiger partial charge in [-0.05, 0) is 26.7 Å². The molecule has 0 aliphatic heterocycles. The fraction of sp³-hybridized carbons (Fsp3) is 0.923. The van der Waals surface area contributed by atoms with E-state index in [1.807, 2.05) is 13.8 Å². The van der Waals surface area contributed by atoms with Crippen molar-refractivity contribution in [3.05, 3.63) is 0 Å². The van der Waals surface area contributed by atoms with Gasteiger partial charge in [0.1, 0.15) is 0 Å². The van der Waals surface area contributed by atoms with E-state index < -0.39 is 5.41 Å². The Morgan fingerprint density at radius 3 is 2.33 bits per heavy atom. The second-order valence-corrected chi connectivity index (χ2v) is 5.29. The smallest absolute Gasteiger partial charge is 0.240 e. The standard InChI is InChI=1S/C13H29N3O2/c1-6-11(7-2)16(8-9-18-5)10-13(3,4)12(17)15-14/h11H,6-10,14H2,1-5H3,(H,15,17). The van der Waals surface area contributed by atoms with E-state index in [1.165, 1.54) is 0 Å². The molecule has 0 fully saturated rings. The van der Waals surface area contributed by atoms with Gasteiger partial charge in [-0.25, -0.2) is 5.84 Å². The van der Waals surface area contributed by atoms with Crippen LogP contribution in [0.2, 0.25) is 0 Å². The maximum absolute atomic E-state index is 11.7. The number of nitrogens with zero attached hydrogens (tertiary/aromatic N) is 1. The molecule has 0 radical (unpaired) electrons. The zero-order valence-electron chi connectivity index (χ0n) is 12.5. The second-order valence-electron chi connectivity index (χ2n) is 5.29. The van der Waals surface area contributed by atoms with E-state index in [-0.39, 0.29) is 5.91 Å². The molecule has 5 heteroatoms. The molecule has 0 saturated carbocycles. The van der Waals surface area contributed by atoms with Gasteiger partial charge in [0.2, 0.25) is 5.91 Å². The molecule has 108 valence electrons. The van der Waals surface area contributed by atoms with Gasteiger partial charge >= 0.3 is 0 Å². The second kappa shape index (κ2) is 8.45. The lowest BCUT2D eigenvalue weighted by Crippen LogP contribution is -2.50. The van der Waals surface area contributed by atoms with Crippen LogP contribution < -0.4 is 11.3 Å². The number of nitrogens with one attached hydrogen (secondary N) is 1. The minimum atomic E-state index is -0.495. The predicted octanol–water partition coefficient (Wildman–Crippen LogP) is 1.14. The fourth-order valence-corrected chi connectivity index (χ4v) is 2.18. The summed E-state index contributed by atoms with van der Waals surface area (Å²) in [7, 11) is 1.70. The Morgan fingerprint density at radius 2 is 1.94 bits per heavy atom. The molecule has 1 amide bonds. The Labute approximate surface area is 111 Å². The average molecular weight is 259 g/mol. The largest absolute Gasteiger partial charge is 0.383 e. The van der Waals surface area contributed by atoms with Crippen LogP contribution in [0.4, 0.5) is 0 Å². The molecule has 0 heterocycles. The van der Waals surface area contributed by atoms with Crippen LogP contribution in [0.3, 0.4) is 0 Å². The molecule has 0 aromatic rings. The van der Waals surface area contributed by atoms with Gasteiger partial charge in [0, 0.05) is 26.2 Å². The molecule has 0 spiro atoms. The van der Waals surface area contributed by atoms with Crippen LogP contribution in [0.25, 0.3) is 0 Å². The summed E-state index contributed by atoms with van der Waals surface area (Å²) < 4.78 is 5.15. The molecule has 0 rings (SSSR count). The minimum Gasteiger partial charge on any atom is -0.383 e. The predicted molar refractivity (Wildman–Crippen MR) is 73.9 cm³/mol. The van der Waals surface area contributed by atoms with E-state index in [2.05, 4.69) is 24.2 Å². The lowest BCUT2D eigenvalue weighted by Gasteiger charge is -2.36. The number of hydrogen-bond acceptors (Lipinski definition) is 4. The molecule has 0 aliphatic rings. The van der Waals surface area contributed by atoms with Gasteiger partial charge in [-0.2, -0.15) is 0 Å². The van der Waals surface area contributed by atoms with Gasteiger partial charge in [0.05, 0.1) is 12.0 Å². The molecule has 0 saturated heterocycles. The van der Waals surface area contributed by atoms with Crippen molar-refractivity contribution in [3.63, 3.8) is 0 Å². The molecular formula is C13H29N3O2. The SMILES string of the molecule is CCC(CC)N(CCOC)CC(C)(C)C(=O)NN. The zero-order chi connectivity index (χ0) is 14.2. The van der Waals surface area contributed by atoms with Crippen LogP contribution in [0.15, 0.2) is 0 Å². The first-order chi connectivity index (χ1) is 8.42. The Bertz CT molecular complexity index is 240. The number of carbonyl (C=O) groups excluding carboxylic acids is 1. The normalized spacial score (nSPS) is 12.2. The van der Waals surface area contributed by atoms with Gasteiger partial charge in [0.15, 0.2) is 0 Å². The number of rotatable bonds is 9. The van der Waals surface area contributed by atoms with Crippen molar-refractivity contribution in [2.75, 3.05) is 26.8 Å². The quantitative estimate of drug-likeness (QED) is 0.370. The maximum Gasteiger partial charge on any atom is 0.240 e. The fourth-order valence-electron chi connectivity index (χ4n) is 2.18. The zero-order valence-corrected chi connectivity index (χ0v) is 12.5. The third-order valence-electron chi connectivity index (χ3n) is 3.39. The van der Waals surface area contributed by atoms with Crippen molar-refractivity contribution in [2.45, 2.75) is 46.6 Å². The molecule has 18 heavy (non-hydrogen) atoms. The van der Waals surface area contributed by atoms with E-state index in [1.54, 1.807) is 7.11 Å². The Balaban J connectivity index is 4.70. The number of methoxy groups -OCH3 is 1. The monoisotopic (exact) mass is 259 g/mol. The van der Waals surface area contributed by atoms with Crippen LogP contribution in [-0.2, 0) is 9.53 Å². The van der Waals surface area contributed by atoms with Gasteiger partial charge in [0.25, 0.3) is 0 Å². The lowest BCUT2D eigenvalue weighted by molar-refractivity contribution is -0.130. The van der Waals surface area contributed by atoms with Crippen LogP contribution in [0.1, 0.15) is 40.5 Å². The first kappa shape index (κ1) is 17.4. The van der Waals surface area contributed by atoms with Gasteiger partial charge in [-0.3, -0.25) is 15.1 Å². The van der Waals surface area contributed by atoms with Crippen LogP contribution in [0, 0.1) is 5.41 Å².